The van der Waals surface area contributed by atoms with Gasteiger partial charge in [-0.15, -0.1) is 0 Å². The number of amides is 1. The molecular formula is C15H18ClN3O2. The minimum atomic E-state index is 0.0826. The van der Waals surface area contributed by atoms with E-state index in [9.17, 15) is 4.79 Å². The molecule has 0 atom stereocenters. The predicted octanol–water partition coefficient (Wildman–Crippen LogP) is 1.96. The first-order valence-electron chi connectivity index (χ1n) is 7.16. The van der Waals surface area contributed by atoms with E-state index in [0.717, 1.165) is 37.6 Å². The number of hydrogen-bond acceptors (Lipinski definition) is 4. The summed E-state index contributed by atoms with van der Waals surface area (Å²) in [5.74, 6) is 0.0826. The van der Waals surface area contributed by atoms with Gasteiger partial charge in [-0.2, -0.15) is 5.10 Å². The van der Waals surface area contributed by atoms with Crippen LogP contribution in [0, 0.1) is 0 Å². The molecular weight excluding hydrogens is 290 g/mol. The normalized spacial score (nSPS) is 20.5. The maximum absolute atomic E-state index is 12.0. The van der Waals surface area contributed by atoms with E-state index in [2.05, 4.69) is 10.0 Å². The molecule has 0 saturated carbocycles. The van der Waals surface area contributed by atoms with Crippen LogP contribution in [0.15, 0.2) is 29.4 Å². The molecule has 3 rings (SSSR count). The standard InChI is InChI=1S/C15H18ClN3O2/c16-13-3-1-12(2-4-13)14-5-6-15(20)19(17-14)11-18-7-9-21-10-8-18/h1-4H,5-11H2. The monoisotopic (exact) mass is 307 g/mol. The fraction of sp³-hybridized carbons (Fsp3) is 0.467. The fourth-order valence-electron chi connectivity index (χ4n) is 2.49. The zero-order chi connectivity index (χ0) is 14.7. The van der Waals surface area contributed by atoms with E-state index in [1.54, 1.807) is 5.01 Å². The first kappa shape index (κ1) is 14.5. The van der Waals surface area contributed by atoms with Crippen LogP contribution in [0.25, 0.3) is 0 Å². The van der Waals surface area contributed by atoms with Gasteiger partial charge in [0.1, 0.15) is 0 Å². The molecule has 2 aliphatic rings. The van der Waals surface area contributed by atoms with Crippen LogP contribution in [0.1, 0.15) is 18.4 Å². The molecule has 0 aliphatic carbocycles. The minimum absolute atomic E-state index is 0.0826. The summed E-state index contributed by atoms with van der Waals surface area (Å²) in [6, 6.07) is 7.60. The summed E-state index contributed by atoms with van der Waals surface area (Å²) in [6.45, 7) is 3.66. The lowest BCUT2D eigenvalue weighted by molar-refractivity contribution is -0.135. The molecule has 2 aliphatic heterocycles. The number of morpholine rings is 1. The van der Waals surface area contributed by atoms with E-state index in [4.69, 9.17) is 16.3 Å². The summed E-state index contributed by atoms with van der Waals surface area (Å²) in [7, 11) is 0. The van der Waals surface area contributed by atoms with Crippen LogP contribution in [0.5, 0.6) is 0 Å². The number of halogens is 1. The zero-order valence-electron chi connectivity index (χ0n) is 11.8. The van der Waals surface area contributed by atoms with Gasteiger partial charge in [0.25, 0.3) is 0 Å². The van der Waals surface area contributed by atoms with Gasteiger partial charge >= 0.3 is 0 Å². The van der Waals surface area contributed by atoms with Crippen LogP contribution >= 0.6 is 11.6 Å². The van der Waals surface area contributed by atoms with Crippen LogP contribution in [0.2, 0.25) is 5.02 Å². The lowest BCUT2D eigenvalue weighted by Gasteiger charge is -2.32. The van der Waals surface area contributed by atoms with E-state index in [0.29, 0.717) is 24.5 Å². The van der Waals surface area contributed by atoms with Crippen LogP contribution in [0.4, 0.5) is 0 Å². The molecule has 21 heavy (non-hydrogen) atoms. The third kappa shape index (κ3) is 3.61. The predicted molar refractivity (Wildman–Crippen MR) is 81.3 cm³/mol. The van der Waals surface area contributed by atoms with Gasteiger partial charge in [0.05, 0.1) is 25.6 Å². The highest BCUT2D eigenvalue weighted by Crippen LogP contribution is 2.18. The van der Waals surface area contributed by atoms with Gasteiger partial charge in [0.2, 0.25) is 5.91 Å². The van der Waals surface area contributed by atoms with Crippen LogP contribution < -0.4 is 0 Å². The molecule has 5 nitrogen and oxygen atoms in total. The van der Waals surface area contributed by atoms with E-state index in [1.807, 2.05) is 24.3 Å². The van der Waals surface area contributed by atoms with E-state index < -0.39 is 0 Å². The summed E-state index contributed by atoms with van der Waals surface area (Å²) in [4.78, 5) is 14.2. The summed E-state index contributed by atoms with van der Waals surface area (Å²) in [5, 5.41) is 6.82. The maximum atomic E-state index is 12.0. The Bertz CT molecular complexity index is 538. The van der Waals surface area contributed by atoms with Crippen molar-refractivity contribution in [1.82, 2.24) is 9.91 Å². The molecule has 1 fully saturated rings. The number of hydrazone groups is 1. The van der Waals surface area contributed by atoms with Crippen molar-refractivity contribution in [3.8, 4) is 0 Å². The molecule has 0 aromatic heterocycles. The molecule has 0 N–H and O–H groups in total. The number of nitrogens with zero attached hydrogens (tertiary/aromatic N) is 3. The van der Waals surface area contributed by atoms with Crippen molar-refractivity contribution in [2.45, 2.75) is 12.8 Å². The first-order valence-corrected chi connectivity index (χ1v) is 7.54. The highest BCUT2D eigenvalue weighted by molar-refractivity contribution is 6.30. The Kier molecular flexibility index (Phi) is 4.53. The summed E-state index contributed by atoms with van der Waals surface area (Å²) in [6.07, 6.45) is 1.19. The number of ether oxygens (including phenoxy) is 1. The number of carbonyl (C=O) groups excluding carboxylic acids is 1. The average Bonchev–Trinajstić information content (AvgIpc) is 2.51. The van der Waals surface area contributed by atoms with Crippen LogP contribution in [-0.4, -0.2) is 54.5 Å². The maximum Gasteiger partial charge on any atom is 0.244 e. The number of hydrogen-bond donors (Lipinski definition) is 0. The van der Waals surface area contributed by atoms with Crippen molar-refractivity contribution in [3.63, 3.8) is 0 Å². The third-order valence-electron chi connectivity index (χ3n) is 3.72. The van der Waals surface area contributed by atoms with E-state index >= 15 is 0 Å². The molecule has 0 unspecified atom stereocenters. The molecule has 6 heteroatoms. The Morgan fingerprint density at radius 1 is 1.14 bits per heavy atom. The van der Waals surface area contributed by atoms with Gasteiger partial charge in [-0.25, -0.2) is 5.01 Å². The molecule has 0 bridgehead atoms. The van der Waals surface area contributed by atoms with Crippen molar-refractivity contribution in [1.29, 1.82) is 0 Å². The fourth-order valence-corrected chi connectivity index (χ4v) is 2.62. The first-order chi connectivity index (χ1) is 10.2. The Morgan fingerprint density at radius 2 is 1.86 bits per heavy atom. The Hall–Kier alpha value is -1.43. The topological polar surface area (TPSA) is 45.1 Å². The number of benzene rings is 1. The second kappa shape index (κ2) is 6.56. The van der Waals surface area contributed by atoms with E-state index in [1.165, 1.54) is 0 Å². The highest BCUT2D eigenvalue weighted by atomic mass is 35.5. The Morgan fingerprint density at radius 3 is 2.57 bits per heavy atom. The SMILES string of the molecule is O=C1CCC(c2ccc(Cl)cc2)=NN1CN1CCOCC1. The lowest BCUT2D eigenvalue weighted by atomic mass is 10.0. The zero-order valence-corrected chi connectivity index (χ0v) is 12.6. The van der Waals surface area contributed by atoms with E-state index in [-0.39, 0.29) is 5.91 Å². The molecule has 1 saturated heterocycles. The second-order valence-electron chi connectivity index (χ2n) is 5.22. The van der Waals surface area contributed by atoms with Gasteiger partial charge in [0, 0.05) is 31.0 Å². The summed E-state index contributed by atoms with van der Waals surface area (Å²) in [5.41, 5.74) is 1.97. The van der Waals surface area contributed by atoms with Crippen LogP contribution in [0.3, 0.4) is 0 Å². The molecule has 0 spiro atoms. The Labute approximate surface area is 129 Å². The van der Waals surface area contributed by atoms with Gasteiger partial charge in [-0.3, -0.25) is 9.69 Å². The van der Waals surface area contributed by atoms with Crippen molar-refractivity contribution < 1.29 is 9.53 Å². The smallest absolute Gasteiger partial charge is 0.244 e. The number of rotatable bonds is 3. The number of carbonyl (C=O) groups is 1. The molecule has 1 aromatic rings. The van der Waals surface area contributed by atoms with Gasteiger partial charge in [-0.05, 0) is 17.7 Å². The second-order valence-corrected chi connectivity index (χ2v) is 5.66. The molecule has 1 amide bonds. The van der Waals surface area contributed by atoms with Crippen molar-refractivity contribution >= 4 is 23.2 Å². The third-order valence-corrected chi connectivity index (χ3v) is 3.97. The van der Waals surface area contributed by atoms with Crippen molar-refractivity contribution in [2.24, 2.45) is 5.10 Å². The van der Waals surface area contributed by atoms with Crippen molar-refractivity contribution in [3.05, 3.63) is 34.9 Å². The minimum Gasteiger partial charge on any atom is -0.379 e. The van der Waals surface area contributed by atoms with Gasteiger partial charge in [-0.1, -0.05) is 23.7 Å². The van der Waals surface area contributed by atoms with Crippen LogP contribution in [-0.2, 0) is 9.53 Å². The largest absolute Gasteiger partial charge is 0.379 e. The van der Waals surface area contributed by atoms with Crippen molar-refractivity contribution in [2.75, 3.05) is 33.0 Å². The quantitative estimate of drug-likeness (QED) is 0.857. The Balaban J connectivity index is 1.74. The highest BCUT2D eigenvalue weighted by Gasteiger charge is 2.23. The summed E-state index contributed by atoms with van der Waals surface area (Å²) < 4.78 is 5.32. The van der Waals surface area contributed by atoms with Gasteiger partial charge in [0.15, 0.2) is 0 Å². The molecule has 2 heterocycles. The molecule has 0 radical (unpaired) electrons. The molecule has 1 aromatic carbocycles. The average molecular weight is 308 g/mol. The van der Waals surface area contributed by atoms with Gasteiger partial charge < -0.3 is 4.74 Å². The molecule has 112 valence electrons. The lowest BCUT2D eigenvalue weighted by Crippen LogP contribution is -2.45. The summed E-state index contributed by atoms with van der Waals surface area (Å²) >= 11 is 5.91.